The average molecular weight is 463 g/mol. The molecule has 6 rings (SSSR count). The summed E-state index contributed by atoms with van der Waals surface area (Å²) in [6, 6.07) is 6.87. The quantitative estimate of drug-likeness (QED) is 0.479. The minimum absolute atomic E-state index is 0.0297. The number of nitrogens with zero attached hydrogens (tertiary/aromatic N) is 6. The first-order chi connectivity index (χ1) is 16.7. The number of fused-ring (bicyclic) bond motifs is 3. The predicted octanol–water partition coefficient (Wildman–Crippen LogP) is 3.66. The van der Waals surface area contributed by atoms with E-state index < -0.39 is 11.6 Å². The van der Waals surface area contributed by atoms with Crippen molar-refractivity contribution in [2.45, 2.75) is 25.8 Å². The van der Waals surface area contributed by atoms with Crippen molar-refractivity contribution in [3.8, 4) is 11.3 Å². The van der Waals surface area contributed by atoms with Crippen molar-refractivity contribution in [2.75, 3.05) is 36.4 Å². The van der Waals surface area contributed by atoms with Gasteiger partial charge in [0.05, 0.1) is 23.6 Å². The molecule has 1 saturated heterocycles. The molecule has 2 aliphatic rings. The Hall–Kier alpha value is -3.66. The molecule has 10 heteroatoms. The number of benzene rings is 1. The molecule has 0 aliphatic carbocycles. The average Bonchev–Trinajstić information content (AvgIpc) is 3.26. The number of aromatic nitrogens is 5. The van der Waals surface area contributed by atoms with Crippen molar-refractivity contribution in [2.24, 2.45) is 0 Å². The van der Waals surface area contributed by atoms with Gasteiger partial charge in [0.15, 0.2) is 11.6 Å². The van der Waals surface area contributed by atoms with E-state index in [1.165, 1.54) is 6.07 Å². The molecule has 0 spiro atoms. The lowest BCUT2D eigenvalue weighted by Crippen LogP contribution is -2.43. The molecule has 0 atom stereocenters. The van der Waals surface area contributed by atoms with Gasteiger partial charge in [-0.2, -0.15) is 0 Å². The molecule has 174 valence electrons. The van der Waals surface area contributed by atoms with Crippen molar-refractivity contribution in [3.63, 3.8) is 0 Å². The normalized spacial score (nSPS) is 16.0. The first kappa shape index (κ1) is 20.9. The lowest BCUT2D eigenvalue weighted by molar-refractivity contribution is 0.533. The number of pyridine rings is 1. The molecule has 4 aromatic rings. The Morgan fingerprint density at radius 1 is 0.912 bits per heavy atom. The van der Waals surface area contributed by atoms with Crippen molar-refractivity contribution >= 4 is 28.5 Å². The van der Waals surface area contributed by atoms with Crippen molar-refractivity contribution in [1.29, 1.82) is 0 Å². The highest BCUT2D eigenvalue weighted by Crippen LogP contribution is 2.30. The molecule has 1 fully saturated rings. The van der Waals surface area contributed by atoms with Gasteiger partial charge in [0.2, 0.25) is 5.95 Å². The number of imidazole rings is 1. The topological polar surface area (TPSA) is 83.8 Å². The minimum Gasteiger partial charge on any atom is -0.368 e. The molecule has 0 saturated carbocycles. The maximum atomic E-state index is 14.9. The first-order valence-electron chi connectivity index (χ1n) is 11.6. The molecule has 1 aromatic carbocycles. The van der Waals surface area contributed by atoms with Gasteiger partial charge < -0.3 is 20.1 Å². The summed E-state index contributed by atoms with van der Waals surface area (Å²) in [5.41, 5.74) is 2.41. The van der Waals surface area contributed by atoms with Gasteiger partial charge in [-0.15, -0.1) is 0 Å². The third-order valence-electron chi connectivity index (χ3n) is 6.41. The van der Waals surface area contributed by atoms with Crippen LogP contribution in [0.4, 0.5) is 26.2 Å². The first-order valence-corrected chi connectivity index (χ1v) is 11.6. The summed E-state index contributed by atoms with van der Waals surface area (Å²) < 4.78 is 31.7. The molecule has 0 bridgehead atoms. The van der Waals surface area contributed by atoms with Crippen LogP contribution in [0.25, 0.3) is 22.3 Å². The fraction of sp³-hybridized carbons (Fsp3) is 0.333. The number of anilines is 3. The highest BCUT2D eigenvalue weighted by molar-refractivity contribution is 5.83. The Balaban J connectivity index is 1.29. The summed E-state index contributed by atoms with van der Waals surface area (Å²) in [7, 11) is 0. The van der Waals surface area contributed by atoms with Gasteiger partial charge in [0.25, 0.3) is 0 Å². The maximum absolute atomic E-state index is 14.9. The van der Waals surface area contributed by atoms with Gasteiger partial charge in [-0.1, -0.05) is 0 Å². The molecular formula is C24H24F2N8. The third-order valence-corrected chi connectivity index (χ3v) is 6.41. The van der Waals surface area contributed by atoms with Gasteiger partial charge in [-0.3, -0.25) is 0 Å². The van der Waals surface area contributed by atoms with E-state index in [0.717, 1.165) is 69.7 Å². The van der Waals surface area contributed by atoms with E-state index >= 15 is 0 Å². The highest BCUT2D eigenvalue weighted by Gasteiger charge is 2.20. The van der Waals surface area contributed by atoms with Gasteiger partial charge in [-0.25, -0.2) is 28.7 Å². The zero-order valence-electron chi connectivity index (χ0n) is 18.6. The molecule has 3 aromatic heterocycles. The van der Waals surface area contributed by atoms with Gasteiger partial charge >= 0.3 is 0 Å². The van der Waals surface area contributed by atoms with Crippen molar-refractivity contribution in [1.82, 2.24) is 29.8 Å². The summed E-state index contributed by atoms with van der Waals surface area (Å²) in [5.74, 6) is 0.507. The Labute approximate surface area is 195 Å². The Morgan fingerprint density at radius 2 is 1.79 bits per heavy atom. The fourth-order valence-electron chi connectivity index (χ4n) is 4.67. The van der Waals surface area contributed by atoms with E-state index in [1.54, 1.807) is 12.3 Å². The molecular weight excluding hydrogens is 438 g/mol. The monoisotopic (exact) mass is 462 g/mol. The SMILES string of the molecule is Fc1cnc(Nc2ccc(N3CCNCC3)cn2)nc1-c1cc(F)c2nc3n(c2c1)CCCC3. The van der Waals surface area contributed by atoms with Crippen molar-refractivity contribution in [3.05, 3.63) is 54.1 Å². The molecule has 2 aliphatic heterocycles. The van der Waals surface area contributed by atoms with Crippen LogP contribution in [-0.2, 0) is 13.0 Å². The van der Waals surface area contributed by atoms with E-state index in [9.17, 15) is 8.78 Å². The van der Waals surface area contributed by atoms with Crippen LogP contribution in [-0.4, -0.2) is 50.7 Å². The third kappa shape index (κ3) is 3.83. The Kier molecular flexibility index (Phi) is 5.29. The molecule has 0 radical (unpaired) electrons. The molecule has 5 heterocycles. The number of nitrogens with one attached hydrogen (secondary N) is 2. The van der Waals surface area contributed by atoms with Crippen LogP contribution in [0.3, 0.4) is 0 Å². The number of aryl methyl sites for hydroxylation is 2. The molecule has 2 N–H and O–H groups in total. The van der Waals surface area contributed by atoms with Crippen molar-refractivity contribution < 1.29 is 8.78 Å². The minimum atomic E-state index is -0.621. The van der Waals surface area contributed by atoms with E-state index in [2.05, 4.69) is 35.5 Å². The fourth-order valence-corrected chi connectivity index (χ4v) is 4.67. The standard InChI is InChI=1S/C24H24F2N8/c25-17-11-15(12-19-23(17)31-21-3-1-2-8-34(19)21)22-18(26)14-29-24(32-22)30-20-5-4-16(13-28-20)33-9-6-27-7-10-33/h4-5,11-14,27H,1-3,6-10H2,(H,28,29,30,32). The van der Waals surface area contributed by atoms with E-state index in [0.29, 0.717) is 22.4 Å². The second-order valence-electron chi connectivity index (χ2n) is 8.62. The van der Waals surface area contributed by atoms with Crippen LogP contribution in [0, 0.1) is 11.6 Å². The summed E-state index contributed by atoms with van der Waals surface area (Å²) in [6.45, 7) is 4.53. The zero-order chi connectivity index (χ0) is 23.1. The lowest BCUT2D eigenvalue weighted by Gasteiger charge is -2.29. The maximum Gasteiger partial charge on any atom is 0.229 e. The van der Waals surface area contributed by atoms with Crippen LogP contribution in [0.1, 0.15) is 18.7 Å². The highest BCUT2D eigenvalue weighted by atomic mass is 19.1. The Bertz CT molecular complexity index is 1350. The summed E-state index contributed by atoms with van der Waals surface area (Å²) in [6.07, 6.45) is 5.76. The summed E-state index contributed by atoms with van der Waals surface area (Å²) >= 11 is 0. The van der Waals surface area contributed by atoms with Crippen LogP contribution in [0.5, 0.6) is 0 Å². The predicted molar refractivity (Wildman–Crippen MR) is 126 cm³/mol. The number of piperazine rings is 1. The number of hydrogen-bond donors (Lipinski definition) is 2. The van der Waals surface area contributed by atoms with E-state index in [4.69, 9.17) is 0 Å². The second-order valence-corrected chi connectivity index (χ2v) is 8.62. The number of rotatable bonds is 4. The molecule has 8 nitrogen and oxygen atoms in total. The number of halogens is 2. The van der Waals surface area contributed by atoms with Gasteiger partial charge in [0.1, 0.15) is 22.9 Å². The van der Waals surface area contributed by atoms with Gasteiger partial charge in [0, 0.05) is 44.7 Å². The largest absolute Gasteiger partial charge is 0.368 e. The van der Waals surface area contributed by atoms with E-state index in [-0.39, 0.29) is 11.6 Å². The Morgan fingerprint density at radius 3 is 2.62 bits per heavy atom. The summed E-state index contributed by atoms with van der Waals surface area (Å²) in [5, 5.41) is 6.35. The molecule has 34 heavy (non-hydrogen) atoms. The zero-order valence-corrected chi connectivity index (χ0v) is 18.6. The molecule has 0 unspecified atom stereocenters. The van der Waals surface area contributed by atoms with Crippen LogP contribution in [0.2, 0.25) is 0 Å². The van der Waals surface area contributed by atoms with Crippen LogP contribution < -0.4 is 15.5 Å². The lowest BCUT2D eigenvalue weighted by atomic mass is 10.1. The van der Waals surface area contributed by atoms with Crippen LogP contribution in [0.15, 0.2) is 36.7 Å². The van der Waals surface area contributed by atoms with Crippen LogP contribution >= 0.6 is 0 Å². The van der Waals surface area contributed by atoms with Gasteiger partial charge in [-0.05, 0) is 37.1 Å². The smallest absolute Gasteiger partial charge is 0.229 e. The number of hydrogen-bond acceptors (Lipinski definition) is 7. The molecule has 0 amide bonds. The summed E-state index contributed by atoms with van der Waals surface area (Å²) in [4.78, 5) is 19.6. The second kappa shape index (κ2) is 8.60. The van der Waals surface area contributed by atoms with E-state index in [1.807, 2.05) is 16.7 Å².